The zero-order chi connectivity index (χ0) is 25.1. The van der Waals surface area contributed by atoms with Crippen molar-refractivity contribution in [2.45, 2.75) is 18.5 Å². The summed E-state index contributed by atoms with van der Waals surface area (Å²) in [7, 11) is 0. The normalized spacial score (nSPS) is 17.2. The molecule has 1 aliphatic heterocycles. The van der Waals surface area contributed by atoms with Gasteiger partial charge >= 0.3 is 0 Å². The minimum Gasteiger partial charge on any atom is -0.352 e. The Morgan fingerprint density at radius 2 is 1.92 bits per heavy atom. The summed E-state index contributed by atoms with van der Waals surface area (Å²) in [6, 6.07) is 23.6. The maximum atomic E-state index is 14.0. The van der Waals surface area contributed by atoms with Crippen molar-refractivity contribution < 1.29 is 9.18 Å². The van der Waals surface area contributed by atoms with Gasteiger partial charge in [0.2, 0.25) is 5.91 Å². The van der Waals surface area contributed by atoms with Gasteiger partial charge < -0.3 is 20.1 Å². The molecule has 9 heteroatoms. The Labute approximate surface area is 222 Å². The largest absolute Gasteiger partial charge is 0.352 e. The van der Waals surface area contributed by atoms with Crippen LogP contribution in [0.1, 0.15) is 29.9 Å². The van der Waals surface area contributed by atoms with Crippen LogP contribution in [0.25, 0.3) is 5.69 Å². The smallest absolute Gasteiger partial charge is 0.226 e. The summed E-state index contributed by atoms with van der Waals surface area (Å²) in [4.78, 5) is 19.3. The lowest BCUT2D eigenvalue weighted by Crippen LogP contribution is -2.33. The van der Waals surface area contributed by atoms with E-state index in [1.165, 1.54) is 6.07 Å². The molecule has 2 N–H and O–H groups in total. The van der Waals surface area contributed by atoms with Gasteiger partial charge in [0.05, 0.1) is 23.5 Å². The quantitative estimate of drug-likeness (QED) is 0.279. The minimum absolute atomic E-state index is 0.138. The Balaban J connectivity index is 1.45. The Kier molecular flexibility index (Phi) is 7.11. The molecule has 1 aliphatic rings. The predicted molar refractivity (Wildman–Crippen MR) is 145 cm³/mol. The summed E-state index contributed by atoms with van der Waals surface area (Å²) in [6.45, 7) is 0.351. The first-order valence-corrected chi connectivity index (χ1v) is 12.7. The second kappa shape index (κ2) is 10.6. The number of anilines is 1. The van der Waals surface area contributed by atoms with Crippen LogP contribution in [0.4, 0.5) is 10.1 Å². The SMILES string of the molecule is O=C(CCN1C(=S)N[C@H](c2ccccn2)[C@H]1c1cccn1-c1cccc(Br)c1)Nc1ccccc1F. The van der Waals surface area contributed by atoms with E-state index in [4.69, 9.17) is 12.2 Å². The Hall–Kier alpha value is -3.56. The highest BCUT2D eigenvalue weighted by Crippen LogP contribution is 2.39. The van der Waals surface area contributed by atoms with Gasteiger partial charge in [-0.2, -0.15) is 0 Å². The van der Waals surface area contributed by atoms with Gasteiger partial charge in [-0.05, 0) is 66.8 Å². The molecule has 1 saturated heterocycles. The van der Waals surface area contributed by atoms with E-state index in [-0.39, 0.29) is 30.1 Å². The number of rotatable bonds is 7. The van der Waals surface area contributed by atoms with E-state index in [9.17, 15) is 9.18 Å². The zero-order valence-electron chi connectivity index (χ0n) is 19.1. The fourth-order valence-electron chi connectivity index (χ4n) is 4.46. The molecule has 2 aromatic heterocycles. The van der Waals surface area contributed by atoms with Crippen LogP contribution in [0.3, 0.4) is 0 Å². The molecule has 0 radical (unpaired) electrons. The molecule has 5 rings (SSSR count). The van der Waals surface area contributed by atoms with Crippen LogP contribution in [0.15, 0.2) is 95.7 Å². The minimum atomic E-state index is -0.468. The fraction of sp³-hybridized carbons (Fsp3) is 0.148. The first-order valence-electron chi connectivity index (χ1n) is 11.5. The molecule has 2 atom stereocenters. The number of amides is 1. The number of benzene rings is 2. The van der Waals surface area contributed by atoms with Crippen LogP contribution in [0.5, 0.6) is 0 Å². The molecule has 1 fully saturated rings. The van der Waals surface area contributed by atoms with Gasteiger partial charge in [-0.25, -0.2) is 4.39 Å². The highest BCUT2D eigenvalue weighted by Gasteiger charge is 2.41. The molecule has 0 aliphatic carbocycles. The van der Waals surface area contributed by atoms with Gasteiger partial charge in [0.25, 0.3) is 0 Å². The topological polar surface area (TPSA) is 62.2 Å². The summed E-state index contributed by atoms with van der Waals surface area (Å²) in [5, 5.41) is 6.61. The molecular formula is C27H23BrFN5OS. The molecule has 0 unspecified atom stereocenters. The first-order chi connectivity index (χ1) is 17.5. The Morgan fingerprint density at radius 1 is 1.08 bits per heavy atom. The average molecular weight is 564 g/mol. The van der Waals surface area contributed by atoms with Crippen molar-refractivity contribution in [3.05, 3.63) is 113 Å². The number of aromatic nitrogens is 2. The van der Waals surface area contributed by atoms with Gasteiger partial charge in [0.15, 0.2) is 5.11 Å². The summed E-state index contributed by atoms with van der Waals surface area (Å²) < 4.78 is 17.1. The van der Waals surface area contributed by atoms with Crippen LogP contribution >= 0.6 is 28.1 Å². The number of pyridine rings is 1. The summed E-state index contributed by atoms with van der Waals surface area (Å²) in [6.07, 6.45) is 3.91. The Morgan fingerprint density at radius 3 is 2.69 bits per heavy atom. The lowest BCUT2D eigenvalue weighted by Gasteiger charge is -2.29. The van der Waals surface area contributed by atoms with Gasteiger partial charge in [0, 0.05) is 41.2 Å². The van der Waals surface area contributed by atoms with Crippen LogP contribution in [0, 0.1) is 5.82 Å². The van der Waals surface area contributed by atoms with Crippen molar-refractivity contribution in [2.24, 2.45) is 0 Å². The van der Waals surface area contributed by atoms with E-state index in [1.54, 1.807) is 24.4 Å². The predicted octanol–water partition coefficient (Wildman–Crippen LogP) is 5.78. The molecule has 2 aromatic carbocycles. The Bertz CT molecular complexity index is 1400. The number of hydrogen-bond donors (Lipinski definition) is 2. The lowest BCUT2D eigenvalue weighted by molar-refractivity contribution is -0.116. The second-order valence-corrected chi connectivity index (χ2v) is 9.68. The number of carbonyl (C=O) groups excluding carboxylic acids is 1. The van der Waals surface area contributed by atoms with Crippen LogP contribution in [-0.4, -0.2) is 32.0 Å². The summed E-state index contributed by atoms with van der Waals surface area (Å²) in [5.74, 6) is -0.755. The molecule has 182 valence electrons. The van der Waals surface area contributed by atoms with Gasteiger partial charge in [-0.3, -0.25) is 9.78 Å². The van der Waals surface area contributed by atoms with Crippen molar-refractivity contribution in [2.75, 3.05) is 11.9 Å². The maximum Gasteiger partial charge on any atom is 0.226 e. The monoisotopic (exact) mass is 563 g/mol. The molecule has 4 aromatic rings. The molecule has 0 bridgehead atoms. The third-order valence-corrected chi connectivity index (χ3v) is 6.94. The highest BCUT2D eigenvalue weighted by atomic mass is 79.9. The maximum absolute atomic E-state index is 14.0. The number of nitrogens with zero attached hydrogens (tertiary/aromatic N) is 3. The fourth-order valence-corrected chi connectivity index (χ4v) is 5.18. The van der Waals surface area contributed by atoms with Crippen LogP contribution in [-0.2, 0) is 4.79 Å². The summed E-state index contributed by atoms with van der Waals surface area (Å²) in [5.41, 5.74) is 3.02. The van der Waals surface area contributed by atoms with Gasteiger partial charge in [-0.1, -0.05) is 40.2 Å². The molecule has 6 nitrogen and oxygen atoms in total. The van der Waals surface area contributed by atoms with Crippen LogP contribution < -0.4 is 10.6 Å². The number of para-hydroxylation sites is 1. The van der Waals surface area contributed by atoms with Crippen molar-refractivity contribution >= 4 is 44.9 Å². The van der Waals surface area contributed by atoms with Crippen molar-refractivity contribution in [3.63, 3.8) is 0 Å². The molecule has 3 heterocycles. The number of carbonyl (C=O) groups is 1. The molecule has 0 spiro atoms. The number of nitrogens with one attached hydrogen (secondary N) is 2. The molecular weight excluding hydrogens is 541 g/mol. The van der Waals surface area contributed by atoms with E-state index < -0.39 is 5.82 Å². The standard InChI is InChI=1S/C27H23BrFN5OS/c28-18-7-5-8-19(17-18)33-15-6-12-23(33)26-25(22-11-3-4-14-30-22)32-27(36)34(26)16-13-24(35)31-21-10-2-1-9-20(21)29/h1-12,14-15,17,25-26H,13,16H2,(H,31,35)(H,32,36)/t25-,26-/m1/s1. The van der Waals surface area contributed by atoms with Crippen molar-refractivity contribution in [1.82, 2.24) is 19.8 Å². The van der Waals surface area contributed by atoms with Gasteiger partial charge in [0.1, 0.15) is 5.82 Å². The third-order valence-electron chi connectivity index (χ3n) is 6.10. The second-order valence-electron chi connectivity index (χ2n) is 8.38. The summed E-state index contributed by atoms with van der Waals surface area (Å²) >= 11 is 9.29. The average Bonchev–Trinajstić information content (AvgIpc) is 3.49. The molecule has 1 amide bonds. The first kappa shape index (κ1) is 24.1. The lowest BCUT2D eigenvalue weighted by atomic mass is 10.0. The highest BCUT2D eigenvalue weighted by molar-refractivity contribution is 9.10. The van der Waals surface area contributed by atoms with Crippen LogP contribution in [0.2, 0.25) is 0 Å². The zero-order valence-corrected chi connectivity index (χ0v) is 21.5. The van der Waals surface area contributed by atoms with Crippen molar-refractivity contribution in [1.29, 1.82) is 0 Å². The van der Waals surface area contributed by atoms with E-state index in [1.807, 2.05) is 59.6 Å². The number of hydrogen-bond acceptors (Lipinski definition) is 3. The third kappa shape index (κ3) is 5.03. The van der Waals surface area contributed by atoms with E-state index in [2.05, 4.69) is 42.2 Å². The van der Waals surface area contributed by atoms with E-state index >= 15 is 0 Å². The number of halogens is 2. The molecule has 36 heavy (non-hydrogen) atoms. The van der Waals surface area contributed by atoms with E-state index in [0.717, 1.165) is 21.5 Å². The molecule has 0 saturated carbocycles. The van der Waals surface area contributed by atoms with Gasteiger partial charge in [-0.15, -0.1) is 0 Å². The van der Waals surface area contributed by atoms with Crippen molar-refractivity contribution in [3.8, 4) is 5.69 Å². The number of thiocarbonyl (C=S) groups is 1. The van der Waals surface area contributed by atoms with E-state index in [0.29, 0.717) is 11.7 Å².